The average molecular weight is 412 g/mol. The van der Waals surface area contributed by atoms with Gasteiger partial charge in [0.1, 0.15) is 18.2 Å². The lowest BCUT2D eigenvalue weighted by atomic mass is 10.1. The smallest absolute Gasteiger partial charge is 0.338 e. The van der Waals surface area contributed by atoms with Crippen LogP contribution in [0.1, 0.15) is 15.9 Å². The Kier molecular flexibility index (Phi) is 6.34. The number of benzene rings is 2. The second-order valence-corrected chi connectivity index (χ2v) is 7.79. The second-order valence-electron chi connectivity index (χ2n) is 5.88. The van der Waals surface area contributed by atoms with E-state index in [1.54, 1.807) is 6.92 Å². The summed E-state index contributed by atoms with van der Waals surface area (Å²) in [6, 6.07) is 6.88. The third kappa shape index (κ3) is 4.83. The summed E-state index contributed by atoms with van der Waals surface area (Å²) in [5.41, 5.74) is 0.450. The highest BCUT2D eigenvalue weighted by Gasteiger charge is 2.24. The van der Waals surface area contributed by atoms with Crippen LogP contribution in [0, 0.1) is 18.6 Å². The van der Waals surface area contributed by atoms with E-state index < -0.39 is 45.8 Å². The molecule has 0 bridgehead atoms. The molecule has 0 radical (unpaired) electrons. The number of hydrogen-bond donors (Lipinski definition) is 1. The molecule has 2 aromatic rings. The zero-order chi connectivity index (χ0) is 21.1. The van der Waals surface area contributed by atoms with Crippen molar-refractivity contribution in [3.8, 4) is 0 Å². The van der Waals surface area contributed by atoms with Gasteiger partial charge in [0.2, 0.25) is 15.9 Å². The number of anilines is 2. The molecule has 0 unspecified atom stereocenters. The van der Waals surface area contributed by atoms with E-state index in [1.807, 2.05) is 0 Å². The van der Waals surface area contributed by atoms with Gasteiger partial charge in [-0.2, -0.15) is 0 Å². The monoisotopic (exact) mass is 412 g/mol. The van der Waals surface area contributed by atoms with Crippen molar-refractivity contribution in [2.75, 3.05) is 29.5 Å². The summed E-state index contributed by atoms with van der Waals surface area (Å²) < 4.78 is 56.4. The second kappa shape index (κ2) is 8.34. The number of sulfonamides is 1. The maximum absolute atomic E-state index is 14.0. The number of rotatable bonds is 6. The molecule has 2 rings (SSSR count). The molecule has 0 aliphatic heterocycles. The van der Waals surface area contributed by atoms with E-state index in [0.29, 0.717) is 15.9 Å². The lowest BCUT2D eigenvalue weighted by molar-refractivity contribution is -0.114. The number of carbonyl (C=O) groups is 2. The fourth-order valence-electron chi connectivity index (χ4n) is 2.49. The Balaban J connectivity index is 2.30. The number of esters is 1. The van der Waals surface area contributed by atoms with Gasteiger partial charge in [-0.15, -0.1) is 0 Å². The number of carbonyl (C=O) groups excluding carboxylic acids is 2. The third-order valence-electron chi connectivity index (χ3n) is 3.88. The van der Waals surface area contributed by atoms with Crippen LogP contribution in [0.5, 0.6) is 0 Å². The van der Waals surface area contributed by atoms with Crippen molar-refractivity contribution in [2.24, 2.45) is 0 Å². The summed E-state index contributed by atoms with van der Waals surface area (Å²) in [6.07, 6.45) is 0.798. The molecule has 10 heteroatoms. The van der Waals surface area contributed by atoms with Gasteiger partial charge < -0.3 is 10.1 Å². The molecule has 150 valence electrons. The molecule has 7 nitrogen and oxygen atoms in total. The molecule has 0 atom stereocenters. The normalized spacial score (nSPS) is 11.0. The summed E-state index contributed by atoms with van der Waals surface area (Å²) in [7, 11) is -2.82. The molecular formula is C18H18F2N2O5S. The quantitative estimate of drug-likeness (QED) is 0.736. The summed E-state index contributed by atoms with van der Waals surface area (Å²) in [5.74, 6) is -3.38. The highest BCUT2D eigenvalue weighted by Crippen LogP contribution is 2.24. The number of hydrogen-bond acceptors (Lipinski definition) is 5. The van der Waals surface area contributed by atoms with Gasteiger partial charge in [0, 0.05) is 11.8 Å². The van der Waals surface area contributed by atoms with Crippen molar-refractivity contribution in [3.05, 3.63) is 59.2 Å². The van der Waals surface area contributed by atoms with Crippen LogP contribution in [-0.2, 0) is 19.6 Å². The lowest BCUT2D eigenvalue weighted by Crippen LogP contribution is -2.38. The molecule has 1 N–H and O–H groups in total. The minimum atomic E-state index is -4.04. The maximum atomic E-state index is 14.0. The van der Waals surface area contributed by atoms with Crippen LogP contribution in [0.4, 0.5) is 20.2 Å². The van der Waals surface area contributed by atoms with Gasteiger partial charge in [0.15, 0.2) is 0 Å². The Hall–Kier alpha value is -3.01. The molecule has 0 aliphatic carbocycles. The molecule has 0 spiro atoms. The molecule has 28 heavy (non-hydrogen) atoms. The predicted octanol–water partition coefficient (Wildman–Crippen LogP) is 2.46. The Morgan fingerprint density at radius 2 is 1.86 bits per heavy atom. The van der Waals surface area contributed by atoms with Crippen LogP contribution in [0.25, 0.3) is 0 Å². The first-order valence-corrected chi connectivity index (χ1v) is 9.80. The Morgan fingerprint density at radius 1 is 1.18 bits per heavy atom. The lowest BCUT2D eigenvalue weighted by Gasteiger charge is -2.22. The zero-order valence-corrected chi connectivity index (χ0v) is 16.1. The number of methoxy groups -OCH3 is 1. The van der Waals surface area contributed by atoms with E-state index in [0.717, 1.165) is 18.4 Å². The van der Waals surface area contributed by atoms with E-state index >= 15 is 0 Å². The number of nitrogens with zero attached hydrogens (tertiary/aromatic N) is 1. The summed E-state index contributed by atoms with van der Waals surface area (Å²) in [6.45, 7) is 0.832. The third-order valence-corrected chi connectivity index (χ3v) is 5.01. The van der Waals surface area contributed by atoms with Crippen LogP contribution in [0.2, 0.25) is 0 Å². The first-order chi connectivity index (χ1) is 13.0. The van der Waals surface area contributed by atoms with Crippen LogP contribution in [0.15, 0.2) is 36.4 Å². The van der Waals surface area contributed by atoms with Crippen LogP contribution < -0.4 is 9.62 Å². The number of ether oxygens (including phenoxy) is 1. The van der Waals surface area contributed by atoms with E-state index in [4.69, 9.17) is 0 Å². The molecule has 0 saturated carbocycles. The van der Waals surface area contributed by atoms with Gasteiger partial charge in [0.05, 0.1) is 24.6 Å². The van der Waals surface area contributed by atoms with E-state index in [-0.39, 0.29) is 11.3 Å². The van der Waals surface area contributed by atoms with E-state index in [1.165, 1.54) is 25.3 Å². The first kappa shape index (κ1) is 21.3. The van der Waals surface area contributed by atoms with Gasteiger partial charge in [0.25, 0.3) is 0 Å². The molecule has 2 aromatic carbocycles. The largest absolute Gasteiger partial charge is 0.465 e. The van der Waals surface area contributed by atoms with Crippen LogP contribution in [-0.4, -0.2) is 40.2 Å². The van der Waals surface area contributed by atoms with Crippen molar-refractivity contribution in [1.82, 2.24) is 0 Å². The Bertz CT molecular complexity index is 1020. The topological polar surface area (TPSA) is 92.8 Å². The SMILES string of the molecule is COC(=O)c1cccc(NC(=O)CN(c2ccc(F)cc2F)S(C)(=O)=O)c1C. The van der Waals surface area contributed by atoms with Crippen molar-refractivity contribution in [3.63, 3.8) is 0 Å². The highest BCUT2D eigenvalue weighted by atomic mass is 32.2. The van der Waals surface area contributed by atoms with Gasteiger partial charge in [-0.05, 0) is 36.8 Å². The minimum Gasteiger partial charge on any atom is -0.465 e. The molecule has 0 fully saturated rings. The van der Waals surface area contributed by atoms with Crippen LogP contribution in [0.3, 0.4) is 0 Å². The average Bonchev–Trinajstić information content (AvgIpc) is 2.60. The van der Waals surface area contributed by atoms with Gasteiger partial charge in [-0.3, -0.25) is 9.10 Å². The molecule has 0 heterocycles. The van der Waals surface area contributed by atoms with Gasteiger partial charge in [-0.1, -0.05) is 6.07 Å². The maximum Gasteiger partial charge on any atom is 0.338 e. The van der Waals surface area contributed by atoms with Crippen molar-refractivity contribution in [1.29, 1.82) is 0 Å². The molecule has 0 saturated heterocycles. The number of amides is 1. The molecule has 0 aliphatic rings. The van der Waals surface area contributed by atoms with Gasteiger partial charge >= 0.3 is 5.97 Å². The zero-order valence-electron chi connectivity index (χ0n) is 15.3. The fraction of sp³-hybridized carbons (Fsp3) is 0.222. The first-order valence-electron chi connectivity index (χ1n) is 7.95. The summed E-state index contributed by atoms with van der Waals surface area (Å²) in [4.78, 5) is 24.1. The number of nitrogens with one attached hydrogen (secondary N) is 1. The molecule has 0 aromatic heterocycles. The predicted molar refractivity (Wildman–Crippen MR) is 99.7 cm³/mol. The van der Waals surface area contributed by atoms with Crippen LogP contribution >= 0.6 is 0 Å². The highest BCUT2D eigenvalue weighted by molar-refractivity contribution is 7.92. The standard InChI is InChI=1S/C18H18F2N2O5S/c1-11-13(18(24)27-2)5-4-6-15(11)21-17(23)10-22(28(3,25)26)16-8-7-12(19)9-14(16)20/h4-9H,10H2,1-3H3,(H,21,23). The Morgan fingerprint density at radius 3 is 2.43 bits per heavy atom. The fourth-order valence-corrected chi connectivity index (χ4v) is 3.34. The number of halogens is 2. The van der Waals surface area contributed by atoms with Crippen molar-refractivity contribution >= 4 is 33.3 Å². The van der Waals surface area contributed by atoms with Crippen molar-refractivity contribution < 1.29 is 31.5 Å². The molecular weight excluding hydrogens is 394 g/mol. The van der Waals surface area contributed by atoms with Crippen molar-refractivity contribution in [2.45, 2.75) is 6.92 Å². The minimum absolute atomic E-state index is 0.227. The van der Waals surface area contributed by atoms with Gasteiger partial charge in [-0.25, -0.2) is 22.0 Å². The molecule has 1 amide bonds. The van der Waals surface area contributed by atoms with E-state index in [2.05, 4.69) is 10.1 Å². The summed E-state index contributed by atoms with van der Waals surface area (Å²) >= 11 is 0. The summed E-state index contributed by atoms with van der Waals surface area (Å²) in [5, 5.41) is 2.48. The Labute approximate surface area is 161 Å². The van der Waals surface area contributed by atoms with E-state index in [9.17, 15) is 26.8 Å².